The molecule has 138 valence electrons. The van der Waals surface area contributed by atoms with E-state index in [0.717, 1.165) is 27.6 Å². The average molecular weight is 372 g/mol. The second-order valence-electron chi connectivity index (χ2n) is 6.95. The summed E-state index contributed by atoms with van der Waals surface area (Å²) in [6.07, 6.45) is 0.635. The van der Waals surface area contributed by atoms with Crippen LogP contribution in [0.1, 0.15) is 21.6 Å². The van der Waals surface area contributed by atoms with Crippen LogP contribution in [-0.2, 0) is 13.0 Å². The van der Waals surface area contributed by atoms with Crippen LogP contribution in [0.4, 0.5) is 4.39 Å². The van der Waals surface area contributed by atoms with Crippen LogP contribution in [0.15, 0.2) is 71.3 Å². The van der Waals surface area contributed by atoms with E-state index in [2.05, 4.69) is 5.16 Å². The molecule has 0 aliphatic carbocycles. The number of halogens is 1. The van der Waals surface area contributed by atoms with E-state index in [1.807, 2.05) is 47.4 Å². The van der Waals surface area contributed by atoms with Gasteiger partial charge < -0.3 is 9.42 Å². The van der Waals surface area contributed by atoms with Crippen LogP contribution < -0.4 is 0 Å². The highest BCUT2D eigenvalue weighted by Crippen LogP contribution is 2.31. The Labute approximate surface area is 161 Å². The highest BCUT2D eigenvalue weighted by atomic mass is 19.1. The number of hydrogen-bond donors (Lipinski definition) is 0. The highest BCUT2D eigenvalue weighted by molar-refractivity contribution is 6.07. The molecule has 1 aromatic heterocycles. The van der Waals surface area contributed by atoms with Crippen molar-refractivity contribution >= 4 is 16.7 Å². The topological polar surface area (TPSA) is 46.3 Å². The van der Waals surface area contributed by atoms with Crippen molar-refractivity contribution in [3.63, 3.8) is 0 Å². The predicted octanol–water partition coefficient (Wildman–Crippen LogP) is 4.83. The summed E-state index contributed by atoms with van der Waals surface area (Å²) in [5, 5.41) is 6.16. The van der Waals surface area contributed by atoms with Crippen molar-refractivity contribution in [3.05, 3.63) is 89.4 Å². The number of nitrogens with zero attached hydrogens (tertiary/aromatic N) is 2. The Morgan fingerprint density at radius 3 is 2.64 bits per heavy atom. The maximum Gasteiger partial charge on any atom is 0.254 e. The van der Waals surface area contributed by atoms with Gasteiger partial charge in [0.1, 0.15) is 5.82 Å². The summed E-state index contributed by atoms with van der Waals surface area (Å²) in [4.78, 5) is 15.1. The first-order valence-corrected chi connectivity index (χ1v) is 9.21. The fraction of sp³-hybridized carbons (Fsp3) is 0.130. The summed E-state index contributed by atoms with van der Waals surface area (Å²) in [5.41, 5.74) is 3.21. The first kappa shape index (κ1) is 16.7. The molecule has 28 heavy (non-hydrogen) atoms. The van der Waals surface area contributed by atoms with E-state index in [1.165, 1.54) is 12.1 Å². The zero-order valence-corrected chi connectivity index (χ0v) is 15.1. The summed E-state index contributed by atoms with van der Waals surface area (Å²) < 4.78 is 18.8. The summed E-state index contributed by atoms with van der Waals surface area (Å²) in [6.45, 7) is 1.01. The van der Waals surface area contributed by atoms with E-state index in [0.29, 0.717) is 30.8 Å². The Bertz CT molecular complexity index is 1180. The first-order chi connectivity index (χ1) is 13.7. The molecule has 5 heteroatoms. The first-order valence-electron chi connectivity index (χ1n) is 9.21. The van der Waals surface area contributed by atoms with Crippen LogP contribution in [-0.4, -0.2) is 22.5 Å². The highest BCUT2D eigenvalue weighted by Gasteiger charge is 2.28. The largest absolute Gasteiger partial charge is 0.356 e. The number of aromatic nitrogens is 1. The van der Waals surface area contributed by atoms with Crippen molar-refractivity contribution in [2.24, 2.45) is 0 Å². The van der Waals surface area contributed by atoms with Gasteiger partial charge in [0.2, 0.25) is 0 Å². The monoisotopic (exact) mass is 372 g/mol. The molecular formula is C23H17FN2O2. The van der Waals surface area contributed by atoms with Gasteiger partial charge in [-0.2, -0.15) is 0 Å². The molecule has 5 rings (SSSR count). The Hall–Kier alpha value is -3.47. The van der Waals surface area contributed by atoms with Gasteiger partial charge in [-0.3, -0.25) is 4.79 Å². The summed E-state index contributed by atoms with van der Waals surface area (Å²) in [7, 11) is 0. The Balaban J connectivity index is 1.49. The molecule has 1 amide bonds. The molecule has 1 aliphatic rings. The second-order valence-corrected chi connectivity index (χ2v) is 6.95. The van der Waals surface area contributed by atoms with Crippen molar-refractivity contribution in [3.8, 4) is 11.3 Å². The van der Waals surface area contributed by atoms with E-state index in [4.69, 9.17) is 4.52 Å². The SMILES string of the molecule is O=C(c1cccc2ccccc12)N1CCc2noc(-c3ccc(F)cc3)c2C1. The maximum atomic E-state index is 13.3. The minimum absolute atomic E-state index is 0.00583. The Morgan fingerprint density at radius 2 is 1.79 bits per heavy atom. The van der Waals surface area contributed by atoms with Crippen molar-refractivity contribution in [2.45, 2.75) is 13.0 Å². The van der Waals surface area contributed by atoms with Gasteiger partial charge in [-0.05, 0) is 41.1 Å². The number of carbonyl (C=O) groups excluding carboxylic acids is 1. The predicted molar refractivity (Wildman–Crippen MR) is 104 cm³/mol. The van der Waals surface area contributed by atoms with Crippen LogP contribution in [0.3, 0.4) is 0 Å². The molecule has 0 bridgehead atoms. The number of fused-ring (bicyclic) bond motifs is 2. The Morgan fingerprint density at radius 1 is 1.00 bits per heavy atom. The van der Waals surface area contributed by atoms with Gasteiger partial charge in [0.15, 0.2) is 5.76 Å². The molecule has 0 saturated carbocycles. The van der Waals surface area contributed by atoms with E-state index >= 15 is 0 Å². The molecule has 1 aliphatic heterocycles. The second kappa shape index (κ2) is 6.60. The van der Waals surface area contributed by atoms with Gasteiger partial charge in [-0.25, -0.2) is 4.39 Å². The van der Waals surface area contributed by atoms with Gasteiger partial charge in [0, 0.05) is 29.7 Å². The molecule has 0 fully saturated rings. The average Bonchev–Trinajstić information content (AvgIpc) is 3.16. The van der Waals surface area contributed by atoms with E-state index in [-0.39, 0.29) is 11.7 Å². The third-order valence-electron chi connectivity index (χ3n) is 5.25. The van der Waals surface area contributed by atoms with Gasteiger partial charge in [-0.1, -0.05) is 41.6 Å². The van der Waals surface area contributed by atoms with E-state index in [9.17, 15) is 9.18 Å². The summed E-state index contributed by atoms with van der Waals surface area (Å²) in [5.74, 6) is 0.295. The third kappa shape index (κ3) is 2.76. The zero-order chi connectivity index (χ0) is 19.1. The number of carbonyl (C=O) groups is 1. The number of rotatable bonds is 2. The van der Waals surface area contributed by atoms with Crippen LogP contribution >= 0.6 is 0 Å². The van der Waals surface area contributed by atoms with Crippen LogP contribution in [0, 0.1) is 5.82 Å². The Kier molecular flexibility index (Phi) is 3.93. The lowest BCUT2D eigenvalue weighted by Gasteiger charge is -2.27. The van der Waals surface area contributed by atoms with Gasteiger partial charge in [0.25, 0.3) is 5.91 Å². The quantitative estimate of drug-likeness (QED) is 0.506. The molecule has 0 atom stereocenters. The third-order valence-corrected chi connectivity index (χ3v) is 5.25. The normalized spacial score (nSPS) is 13.5. The minimum atomic E-state index is -0.301. The molecule has 4 nitrogen and oxygen atoms in total. The molecule has 2 heterocycles. The number of hydrogen-bond acceptors (Lipinski definition) is 3. The lowest BCUT2D eigenvalue weighted by atomic mass is 9.99. The number of amides is 1. The van der Waals surface area contributed by atoms with Crippen molar-refractivity contribution in [1.82, 2.24) is 10.1 Å². The van der Waals surface area contributed by atoms with Crippen molar-refractivity contribution in [1.29, 1.82) is 0 Å². The molecule has 0 radical (unpaired) electrons. The van der Waals surface area contributed by atoms with Gasteiger partial charge in [0.05, 0.1) is 12.2 Å². The fourth-order valence-electron chi connectivity index (χ4n) is 3.80. The molecule has 0 unspecified atom stereocenters. The van der Waals surface area contributed by atoms with Gasteiger partial charge >= 0.3 is 0 Å². The summed E-state index contributed by atoms with van der Waals surface area (Å²) >= 11 is 0. The molecule has 4 aromatic rings. The maximum absolute atomic E-state index is 13.3. The van der Waals surface area contributed by atoms with Crippen LogP contribution in [0.25, 0.3) is 22.1 Å². The van der Waals surface area contributed by atoms with Crippen LogP contribution in [0.5, 0.6) is 0 Å². The van der Waals surface area contributed by atoms with Crippen molar-refractivity contribution < 1.29 is 13.7 Å². The van der Waals surface area contributed by atoms with Crippen LogP contribution in [0.2, 0.25) is 0 Å². The van der Waals surface area contributed by atoms with E-state index < -0.39 is 0 Å². The molecule has 0 N–H and O–H groups in total. The molecule has 0 saturated heterocycles. The number of benzene rings is 3. The van der Waals surface area contributed by atoms with Gasteiger partial charge in [-0.15, -0.1) is 0 Å². The molecular weight excluding hydrogens is 355 g/mol. The summed E-state index contributed by atoms with van der Waals surface area (Å²) in [6, 6.07) is 19.8. The molecule has 3 aromatic carbocycles. The smallest absolute Gasteiger partial charge is 0.254 e. The van der Waals surface area contributed by atoms with Crippen molar-refractivity contribution in [2.75, 3.05) is 6.54 Å². The fourth-order valence-corrected chi connectivity index (χ4v) is 3.80. The zero-order valence-electron chi connectivity index (χ0n) is 15.1. The standard InChI is InChI=1S/C23H17FN2O2/c24-17-10-8-16(9-11-17)22-20-14-26(13-12-21(20)25-28-22)23(27)19-7-3-5-15-4-1-2-6-18(15)19/h1-11H,12-14H2. The lowest BCUT2D eigenvalue weighted by molar-refractivity contribution is 0.0736. The lowest BCUT2D eigenvalue weighted by Crippen LogP contribution is -2.36. The molecule has 0 spiro atoms. The minimum Gasteiger partial charge on any atom is -0.356 e. The van der Waals surface area contributed by atoms with E-state index in [1.54, 1.807) is 12.1 Å².